The van der Waals surface area contributed by atoms with Crippen molar-refractivity contribution in [3.05, 3.63) is 12.7 Å². The Labute approximate surface area is 121 Å². The molecule has 0 bridgehead atoms. The van der Waals surface area contributed by atoms with Gasteiger partial charge in [-0.05, 0) is 25.2 Å². The Morgan fingerprint density at radius 2 is 2.00 bits per heavy atom. The van der Waals surface area contributed by atoms with Crippen molar-refractivity contribution in [2.45, 2.75) is 64.0 Å². The van der Waals surface area contributed by atoms with Crippen molar-refractivity contribution >= 4 is 11.8 Å². The molecule has 2 atom stereocenters. The number of nitrogens with zero attached hydrogens (tertiary/aromatic N) is 1. The predicted molar refractivity (Wildman–Crippen MR) is 79.1 cm³/mol. The number of amides is 2. The average Bonchev–Trinajstić information content (AvgIpc) is 2.45. The molecule has 112 valence electrons. The molecule has 1 saturated carbocycles. The second-order valence-electron chi connectivity index (χ2n) is 5.97. The fourth-order valence-corrected chi connectivity index (χ4v) is 3.54. The van der Waals surface area contributed by atoms with Crippen LogP contribution in [0.2, 0.25) is 0 Å². The molecule has 4 nitrogen and oxygen atoms in total. The van der Waals surface area contributed by atoms with E-state index in [1.807, 2.05) is 6.92 Å². The number of hydrogen-bond acceptors (Lipinski definition) is 2. The van der Waals surface area contributed by atoms with Crippen molar-refractivity contribution in [2.75, 3.05) is 6.54 Å². The summed E-state index contributed by atoms with van der Waals surface area (Å²) in [4.78, 5) is 26.8. The number of carbonyl (C=O) groups is 2. The molecular formula is C16H26N2O2. The first-order valence-electron chi connectivity index (χ1n) is 7.90. The standard InChI is InChI=1S/C16H26N2O2/c1-3-8-13-16(20)18(11-4-2)14(15(19)17-13)12-9-6-5-7-10-12/h4,12-14H,2-3,5-11H2,1H3,(H,17,19). The van der Waals surface area contributed by atoms with Gasteiger partial charge in [0.1, 0.15) is 12.1 Å². The molecule has 4 heteroatoms. The minimum Gasteiger partial charge on any atom is -0.342 e. The Balaban J connectivity index is 2.17. The minimum absolute atomic E-state index is 0.0387. The van der Waals surface area contributed by atoms with Crippen LogP contribution in [0.25, 0.3) is 0 Å². The summed E-state index contributed by atoms with van der Waals surface area (Å²) in [6, 6.07) is -0.624. The van der Waals surface area contributed by atoms with Gasteiger partial charge in [-0.25, -0.2) is 0 Å². The summed E-state index contributed by atoms with van der Waals surface area (Å²) in [6.07, 6.45) is 9.04. The van der Waals surface area contributed by atoms with Crippen LogP contribution < -0.4 is 5.32 Å². The Hall–Kier alpha value is -1.32. The van der Waals surface area contributed by atoms with E-state index in [4.69, 9.17) is 0 Å². The molecule has 1 saturated heterocycles. The molecule has 1 heterocycles. The maximum Gasteiger partial charge on any atom is 0.246 e. The van der Waals surface area contributed by atoms with Crippen molar-refractivity contribution < 1.29 is 9.59 Å². The van der Waals surface area contributed by atoms with E-state index in [-0.39, 0.29) is 23.9 Å². The molecule has 0 aromatic rings. The zero-order chi connectivity index (χ0) is 14.5. The summed E-state index contributed by atoms with van der Waals surface area (Å²) in [6.45, 7) is 6.25. The van der Waals surface area contributed by atoms with Gasteiger partial charge in [0.05, 0.1) is 0 Å². The van der Waals surface area contributed by atoms with Gasteiger partial charge in [0, 0.05) is 6.54 Å². The third-order valence-corrected chi connectivity index (χ3v) is 4.50. The van der Waals surface area contributed by atoms with E-state index >= 15 is 0 Å². The molecular weight excluding hydrogens is 252 g/mol. The maximum absolute atomic E-state index is 12.6. The van der Waals surface area contributed by atoms with E-state index in [1.54, 1.807) is 11.0 Å². The SMILES string of the molecule is C=CCN1C(=O)C(CCC)NC(=O)C1C1CCCCC1. The molecule has 20 heavy (non-hydrogen) atoms. The van der Waals surface area contributed by atoms with Gasteiger partial charge in [-0.3, -0.25) is 9.59 Å². The molecule has 1 N–H and O–H groups in total. The summed E-state index contributed by atoms with van der Waals surface area (Å²) in [5.41, 5.74) is 0. The van der Waals surface area contributed by atoms with E-state index in [9.17, 15) is 9.59 Å². The van der Waals surface area contributed by atoms with Gasteiger partial charge in [-0.1, -0.05) is 38.7 Å². The smallest absolute Gasteiger partial charge is 0.246 e. The number of rotatable bonds is 5. The number of nitrogens with one attached hydrogen (secondary N) is 1. The van der Waals surface area contributed by atoms with E-state index in [2.05, 4.69) is 11.9 Å². The predicted octanol–water partition coefficient (Wildman–Crippen LogP) is 2.25. The molecule has 0 radical (unpaired) electrons. The summed E-state index contributed by atoms with van der Waals surface area (Å²) in [5, 5.41) is 2.94. The average molecular weight is 278 g/mol. The lowest BCUT2D eigenvalue weighted by atomic mass is 9.81. The second kappa shape index (κ2) is 6.91. The van der Waals surface area contributed by atoms with Crippen LogP contribution in [-0.2, 0) is 9.59 Å². The zero-order valence-corrected chi connectivity index (χ0v) is 12.4. The molecule has 2 aliphatic rings. The number of hydrogen-bond donors (Lipinski definition) is 1. The molecule has 2 rings (SSSR count). The summed E-state index contributed by atoms with van der Waals surface area (Å²) in [7, 11) is 0. The first kappa shape index (κ1) is 15.1. The first-order chi connectivity index (χ1) is 9.69. The van der Waals surface area contributed by atoms with Gasteiger partial charge in [0.25, 0.3) is 0 Å². The fraction of sp³-hybridized carbons (Fsp3) is 0.750. The van der Waals surface area contributed by atoms with Gasteiger partial charge < -0.3 is 10.2 Å². The fourth-order valence-electron chi connectivity index (χ4n) is 3.54. The molecule has 0 aromatic heterocycles. The van der Waals surface area contributed by atoms with Gasteiger partial charge in [0.2, 0.25) is 11.8 Å². The van der Waals surface area contributed by atoms with E-state index in [0.717, 1.165) is 25.7 Å². The highest BCUT2D eigenvalue weighted by Gasteiger charge is 2.43. The lowest BCUT2D eigenvalue weighted by Crippen LogP contribution is -2.65. The largest absolute Gasteiger partial charge is 0.342 e. The summed E-state index contributed by atoms with van der Waals surface area (Å²) >= 11 is 0. The molecule has 1 aliphatic heterocycles. The maximum atomic E-state index is 12.6. The number of carbonyl (C=O) groups excluding carboxylic acids is 2. The van der Waals surface area contributed by atoms with Crippen molar-refractivity contribution in [2.24, 2.45) is 5.92 Å². The third-order valence-electron chi connectivity index (χ3n) is 4.50. The summed E-state index contributed by atoms with van der Waals surface area (Å²) < 4.78 is 0. The number of piperazine rings is 1. The zero-order valence-electron chi connectivity index (χ0n) is 12.4. The van der Waals surface area contributed by atoms with Gasteiger partial charge >= 0.3 is 0 Å². The normalized spacial score (nSPS) is 28.4. The Kier molecular flexibility index (Phi) is 5.21. The Morgan fingerprint density at radius 3 is 2.60 bits per heavy atom. The van der Waals surface area contributed by atoms with Crippen molar-refractivity contribution in [3.8, 4) is 0 Å². The van der Waals surface area contributed by atoms with Crippen LogP contribution >= 0.6 is 0 Å². The van der Waals surface area contributed by atoms with Crippen molar-refractivity contribution in [3.63, 3.8) is 0 Å². The van der Waals surface area contributed by atoms with E-state index < -0.39 is 0 Å². The molecule has 1 aliphatic carbocycles. The molecule has 0 aromatic carbocycles. The first-order valence-corrected chi connectivity index (χ1v) is 7.90. The molecule has 2 fully saturated rings. The van der Waals surface area contributed by atoms with Crippen LogP contribution in [0.1, 0.15) is 51.9 Å². The third kappa shape index (κ3) is 3.05. The van der Waals surface area contributed by atoms with Crippen LogP contribution in [0.15, 0.2) is 12.7 Å². The highest BCUT2D eigenvalue weighted by Crippen LogP contribution is 2.31. The lowest BCUT2D eigenvalue weighted by Gasteiger charge is -2.43. The van der Waals surface area contributed by atoms with Crippen molar-refractivity contribution in [1.82, 2.24) is 10.2 Å². The quantitative estimate of drug-likeness (QED) is 0.784. The second-order valence-corrected chi connectivity index (χ2v) is 5.97. The Bertz CT molecular complexity index is 375. The molecule has 2 amide bonds. The topological polar surface area (TPSA) is 49.4 Å². The minimum atomic E-state index is -0.340. The highest BCUT2D eigenvalue weighted by atomic mass is 16.2. The van der Waals surface area contributed by atoms with Crippen LogP contribution in [0.3, 0.4) is 0 Å². The molecule has 0 spiro atoms. The van der Waals surface area contributed by atoms with Crippen LogP contribution in [0.4, 0.5) is 0 Å². The van der Waals surface area contributed by atoms with Gasteiger partial charge in [0.15, 0.2) is 0 Å². The Morgan fingerprint density at radius 1 is 1.30 bits per heavy atom. The van der Waals surface area contributed by atoms with Crippen LogP contribution in [0, 0.1) is 5.92 Å². The van der Waals surface area contributed by atoms with E-state index in [0.29, 0.717) is 12.5 Å². The van der Waals surface area contributed by atoms with Crippen molar-refractivity contribution in [1.29, 1.82) is 0 Å². The van der Waals surface area contributed by atoms with Gasteiger partial charge in [-0.15, -0.1) is 6.58 Å². The van der Waals surface area contributed by atoms with E-state index in [1.165, 1.54) is 19.3 Å². The van der Waals surface area contributed by atoms with Gasteiger partial charge in [-0.2, -0.15) is 0 Å². The highest BCUT2D eigenvalue weighted by molar-refractivity contribution is 5.97. The molecule has 2 unspecified atom stereocenters. The monoisotopic (exact) mass is 278 g/mol. The summed E-state index contributed by atoms with van der Waals surface area (Å²) in [5.74, 6) is 0.425. The van der Waals surface area contributed by atoms with Crippen LogP contribution in [0.5, 0.6) is 0 Å². The van der Waals surface area contributed by atoms with Crippen LogP contribution in [-0.4, -0.2) is 35.3 Å². The lowest BCUT2D eigenvalue weighted by molar-refractivity contribution is -0.151.